The van der Waals surface area contributed by atoms with Crippen LogP contribution < -0.4 is 10.2 Å². The van der Waals surface area contributed by atoms with Crippen LogP contribution in [-0.4, -0.2) is 28.0 Å². The van der Waals surface area contributed by atoms with Gasteiger partial charge in [0, 0.05) is 18.8 Å². The summed E-state index contributed by atoms with van der Waals surface area (Å²) in [6, 6.07) is 7.93. The smallest absolute Gasteiger partial charge is 0.353 e. The number of fused-ring (bicyclic) bond motifs is 1. The molecule has 3 rings (SSSR count). The van der Waals surface area contributed by atoms with Gasteiger partial charge in [-0.15, -0.1) is 6.58 Å². The first-order valence-corrected chi connectivity index (χ1v) is 7.42. The SMILES string of the molecule is C=CCNc1ncnc(N2CCCc3ccccc32)c1[N+](=O)[O-]. The van der Waals surface area contributed by atoms with Gasteiger partial charge in [0.05, 0.1) is 4.92 Å². The van der Waals surface area contributed by atoms with Crippen LogP contribution in [0.1, 0.15) is 12.0 Å². The van der Waals surface area contributed by atoms with E-state index < -0.39 is 4.92 Å². The number of nitro groups is 1. The summed E-state index contributed by atoms with van der Waals surface area (Å²) in [7, 11) is 0. The predicted molar refractivity (Wildman–Crippen MR) is 89.1 cm³/mol. The van der Waals surface area contributed by atoms with Gasteiger partial charge in [-0.3, -0.25) is 10.1 Å². The molecule has 0 unspecified atom stereocenters. The second kappa shape index (κ2) is 6.43. The summed E-state index contributed by atoms with van der Waals surface area (Å²) in [5, 5.41) is 14.5. The Morgan fingerprint density at radius 1 is 1.39 bits per heavy atom. The maximum absolute atomic E-state index is 11.6. The highest BCUT2D eigenvalue weighted by Crippen LogP contribution is 2.39. The van der Waals surface area contributed by atoms with Crippen molar-refractivity contribution in [1.82, 2.24) is 9.97 Å². The Labute approximate surface area is 133 Å². The largest absolute Gasteiger partial charge is 0.361 e. The molecule has 7 heteroatoms. The fourth-order valence-electron chi connectivity index (χ4n) is 2.79. The molecule has 118 valence electrons. The number of aryl methyl sites for hydroxylation is 1. The Morgan fingerprint density at radius 2 is 2.22 bits per heavy atom. The van der Waals surface area contributed by atoms with Crippen LogP contribution in [0.2, 0.25) is 0 Å². The molecular weight excluding hydrogens is 294 g/mol. The van der Waals surface area contributed by atoms with Gasteiger partial charge in [0.25, 0.3) is 0 Å². The lowest BCUT2D eigenvalue weighted by Gasteiger charge is -2.30. The molecular formula is C16H17N5O2. The molecule has 2 aromatic rings. The molecule has 23 heavy (non-hydrogen) atoms. The predicted octanol–water partition coefficient (Wildman–Crippen LogP) is 3.07. The van der Waals surface area contributed by atoms with Crippen molar-refractivity contribution in [1.29, 1.82) is 0 Å². The minimum atomic E-state index is -0.433. The Hall–Kier alpha value is -2.96. The van der Waals surface area contributed by atoms with Crippen molar-refractivity contribution in [3.63, 3.8) is 0 Å². The molecule has 0 aliphatic carbocycles. The first-order valence-electron chi connectivity index (χ1n) is 7.42. The van der Waals surface area contributed by atoms with Gasteiger partial charge in [0.15, 0.2) is 0 Å². The van der Waals surface area contributed by atoms with Gasteiger partial charge in [0.2, 0.25) is 11.6 Å². The van der Waals surface area contributed by atoms with Gasteiger partial charge in [-0.25, -0.2) is 9.97 Å². The van der Waals surface area contributed by atoms with Crippen LogP contribution in [0.4, 0.5) is 23.0 Å². The molecule has 0 amide bonds. The highest BCUT2D eigenvalue weighted by atomic mass is 16.6. The quantitative estimate of drug-likeness (QED) is 0.519. The molecule has 0 radical (unpaired) electrons. The highest BCUT2D eigenvalue weighted by molar-refractivity contribution is 5.77. The second-order valence-electron chi connectivity index (χ2n) is 5.21. The van der Waals surface area contributed by atoms with Crippen LogP contribution in [0.3, 0.4) is 0 Å². The number of para-hydroxylation sites is 1. The van der Waals surface area contributed by atoms with Crippen LogP contribution in [-0.2, 0) is 6.42 Å². The zero-order valence-corrected chi connectivity index (χ0v) is 12.6. The van der Waals surface area contributed by atoms with Crippen molar-refractivity contribution in [2.75, 3.05) is 23.3 Å². The maximum atomic E-state index is 11.6. The van der Waals surface area contributed by atoms with Crippen molar-refractivity contribution in [3.05, 3.63) is 58.9 Å². The lowest BCUT2D eigenvalue weighted by atomic mass is 10.0. The molecule has 1 aliphatic heterocycles. The van der Waals surface area contributed by atoms with E-state index in [0.717, 1.165) is 18.5 Å². The van der Waals surface area contributed by atoms with Crippen LogP contribution in [0.5, 0.6) is 0 Å². The number of nitrogens with one attached hydrogen (secondary N) is 1. The minimum Gasteiger partial charge on any atom is -0.361 e. The zero-order valence-electron chi connectivity index (χ0n) is 12.6. The normalized spacial score (nSPS) is 13.3. The Morgan fingerprint density at radius 3 is 3.00 bits per heavy atom. The molecule has 0 fully saturated rings. The van der Waals surface area contributed by atoms with E-state index in [2.05, 4.69) is 21.9 Å². The number of benzene rings is 1. The summed E-state index contributed by atoms with van der Waals surface area (Å²) < 4.78 is 0. The first-order chi connectivity index (χ1) is 11.2. The number of aromatic nitrogens is 2. The Bertz CT molecular complexity index is 747. The van der Waals surface area contributed by atoms with Gasteiger partial charge in [-0.2, -0.15) is 0 Å². The summed E-state index contributed by atoms with van der Waals surface area (Å²) in [6.45, 7) is 4.69. The van der Waals surface area contributed by atoms with Gasteiger partial charge in [0.1, 0.15) is 6.33 Å². The maximum Gasteiger partial charge on any atom is 0.353 e. The summed E-state index contributed by atoms with van der Waals surface area (Å²) in [5.41, 5.74) is 2.04. The third kappa shape index (κ3) is 2.85. The second-order valence-corrected chi connectivity index (χ2v) is 5.21. The molecule has 0 saturated carbocycles. The van der Waals surface area contributed by atoms with Gasteiger partial charge < -0.3 is 10.2 Å². The summed E-state index contributed by atoms with van der Waals surface area (Å²) >= 11 is 0. The van der Waals surface area contributed by atoms with E-state index in [-0.39, 0.29) is 11.5 Å². The molecule has 0 bridgehead atoms. The Kier molecular flexibility index (Phi) is 4.18. The topological polar surface area (TPSA) is 84.2 Å². The van der Waals surface area contributed by atoms with Crippen LogP contribution in [0.25, 0.3) is 0 Å². The fourth-order valence-corrected chi connectivity index (χ4v) is 2.79. The van der Waals surface area contributed by atoms with E-state index in [9.17, 15) is 10.1 Å². The highest BCUT2D eigenvalue weighted by Gasteiger charge is 2.29. The minimum absolute atomic E-state index is 0.106. The lowest BCUT2D eigenvalue weighted by Crippen LogP contribution is -2.26. The van der Waals surface area contributed by atoms with Gasteiger partial charge >= 0.3 is 5.69 Å². The monoisotopic (exact) mass is 311 g/mol. The number of hydrogen-bond acceptors (Lipinski definition) is 6. The van der Waals surface area contributed by atoms with Crippen LogP contribution >= 0.6 is 0 Å². The van der Waals surface area contributed by atoms with Crippen molar-refractivity contribution in [3.8, 4) is 0 Å². The Balaban J connectivity index is 2.10. The molecule has 1 N–H and O–H groups in total. The van der Waals surface area contributed by atoms with E-state index >= 15 is 0 Å². The first kappa shape index (κ1) is 15.0. The molecule has 0 spiro atoms. The summed E-state index contributed by atoms with van der Waals surface area (Å²) in [5.74, 6) is 0.534. The van der Waals surface area contributed by atoms with E-state index in [1.165, 1.54) is 11.9 Å². The standard InChI is InChI=1S/C16H17N5O2/c1-2-9-17-15-14(21(22)23)16(19-11-18-15)20-10-5-7-12-6-3-4-8-13(12)20/h2-4,6,8,11H,1,5,7,9-10H2,(H,17,18,19). The van der Waals surface area contributed by atoms with Crippen molar-refractivity contribution < 1.29 is 4.92 Å². The number of anilines is 3. The molecule has 1 aromatic carbocycles. The van der Waals surface area contributed by atoms with E-state index in [4.69, 9.17) is 0 Å². The number of nitrogens with zero attached hydrogens (tertiary/aromatic N) is 4. The molecule has 2 heterocycles. The van der Waals surface area contributed by atoms with Crippen LogP contribution in [0.15, 0.2) is 43.2 Å². The third-order valence-electron chi connectivity index (χ3n) is 3.77. The van der Waals surface area contributed by atoms with E-state index in [1.54, 1.807) is 6.08 Å². The molecule has 0 atom stereocenters. The average Bonchev–Trinajstić information content (AvgIpc) is 2.59. The van der Waals surface area contributed by atoms with Crippen LogP contribution in [0, 0.1) is 10.1 Å². The molecule has 7 nitrogen and oxygen atoms in total. The summed E-state index contributed by atoms with van der Waals surface area (Å²) in [6.07, 6.45) is 4.87. The molecule has 1 aliphatic rings. The van der Waals surface area contributed by atoms with Crippen molar-refractivity contribution >= 4 is 23.0 Å². The zero-order chi connectivity index (χ0) is 16.2. The van der Waals surface area contributed by atoms with E-state index in [1.807, 2.05) is 29.2 Å². The van der Waals surface area contributed by atoms with E-state index in [0.29, 0.717) is 18.9 Å². The molecule has 0 saturated heterocycles. The molecule has 1 aromatic heterocycles. The number of rotatable bonds is 5. The van der Waals surface area contributed by atoms with Gasteiger partial charge in [-0.1, -0.05) is 24.3 Å². The fraction of sp³-hybridized carbons (Fsp3) is 0.250. The number of hydrogen-bond donors (Lipinski definition) is 1. The summed E-state index contributed by atoms with van der Waals surface area (Å²) in [4.78, 5) is 21.3. The average molecular weight is 311 g/mol. The van der Waals surface area contributed by atoms with Gasteiger partial charge in [-0.05, 0) is 24.5 Å². The lowest BCUT2D eigenvalue weighted by molar-refractivity contribution is -0.383. The van der Waals surface area contributed by atoms with Crippen molar-refractivity contribution in [2.24, 2.45) is 0 Å². The van der Waals surface area contributed by atoms with Crippen molar-refractivity contribution in [2.45, 2.75) is 12.8 Å². The third-order valence-corrected chi connectivity index (χ3v) is 3.77.